The van der Waals surface area contributed by atoms with E-state index in [1.54, 1.807) is 0 Å². The van der Waals surface area contributed by atoms with Gasteiger partial charge in [0.05, 0.1) is 4.90 Å². The molecule has 1 fully saturated rings. The summed E-state index contributed by atoms with van der Waals surface area (Å²) < 4.78 is 0. The smallest absolute Gasteiger partial charge is 0.129 e. The van der Waals surface area contributed by atoms with Gasteiger partial charge in [-0.2, -0.15) is 0 Å². The standard InChI is InChI=1S/C15H21NOS/c1-2-8-16-9-4-6-11-12-5-3-7-14(17)15(12)18-10-13(11)16/h3,5,7,11,13,17H,2,4,6,8-10H2,1H3/t11-,13-/m1/s1. The molecule has 1 aromatic carbocycles. The Hall–Kier alpha value is -0.670. The summed E-state index contributed by atoms with van der Waals surface area (Å²) in [5.74, 6) is 2.24. The van der Waals surface area contributed by atoms with Gasteiger partial charge in [-0.1, -0.05) is 19.1 Å². The van der Waals surface area contributed by atoms with E-state index in [-0.39, 0.29) is 0 Å². The zero-order valence-corrected chi connectivity index (χ0v) is 11.7. The summed E-state index contributed by atoms with van der Waals surface area (Å²) in [6.45, 7) is 4.74. The lowest BCUT2D eigenvalue weighted by Crippen LogP contribution is -2.47. The maximum Gasteiger partial charge on any atom is 0.129 e. The van der Waals surface area contributed by atoms with Gasteiger partial charge in [-0.15, -0.1) is 11.8 Å². The van der Waals surface area contributed by atoms with E-state index in [2.05, 4.69) is 17.9 Å². The Morgan fingerprint density at radius 3 is 3.17 bits per heavy atom. The van der Waals surface area contributed by atoms with E-state index in [9.17, 15) is 5.11 Å². The molecule has 0 saturated carbocycles. The number of thioether (sulfide) groups is 1. The average molecular weight is 263 g/mol. The highest BCUT2D eigenvalue weighted by atomic mass is 32.2. The van der Waals surface area contributed by atoms with E-state index in [1.165, 1.54) is 37.9 Å². The molecule has 0 amide bonds. The van der Waals surface area contributed by atoms with Crippen LogP contribution in [0.3, 0.4) is 0 Å². The SMILES string of the molecule is CCCN1CCC[C@@H]2c3cccc(O)c3SC[C@H]21. The van der Waals surface area contributed by atoms with Crippen molar-refractivity contribution in [2.45, 2.75) is 43.0 Å². The van der Waals surface area contributed by atoms with E-state index >= 15 is 0 Å². The van der Waals surface area contributed by atoms with Crippen molar-refractivity contribution in [1.82, 2.24) is 4.90 Å². The zero-order chi connectivity index (χ0) is 12.5. The van der Waals surface area contributed by atoms with Crippen molar-refractivity contribution in [2.75, 3.05) is 18.8 Å². The van der Waals surface area contributed by atoms with Gasteiger partial charge in [0.2, 0.25) is 0 Å². The van der Waals surface area contributed by atoms with Crippen LogP contribution in [0.4, 0.5) is 0 Å². The number of rotatable bonds is 2. The average Bonchev–Trinajstić information content (AvgIpc) is 2.40. The molecule has 98 valence electrons. The number of hydrogen-bond acceptors (Lipinski definition) is 3. The van der Waals surface area contributed by atoms with E-state index in [0.717, 1.165) is 10.6 Å². The molecule has 0 aliphatic carbocycles. The fraction of sp³-hybridized carbons (Fsp3) is 0.600. The highest BCUT2D eigenvalue weighted by molar-refractivity contribution is 7.99. The van der Waals surface area contributed by atoms with Crippen molar-refractivity contribution >= 4 is 11.8 Å². The number of phenols is 1. The number of nitrogens with zero attached hydrogens (tertiary/aromatic N) is 1. The molecule has 0 aromatic heterocycles. The third kappa shape index (κ3) is 2.04. The van der Waals surface area contributed by atoms with E-state index in [4.69, 9.17) is 0 Å². The summed E-state index contributed by atoms with van der Waals surface area (Å²) in [7, 11) is 0. The normalized spacial score (nSPS) is 27.6. The molecule has 0 unspecified atom stereocenters. The van der Waals surface area contributed by atoms with Crippen LogP contribution >= 0.6 is 11.8 Å². The van der Waals surface area contributed by atoms with Crippen molar-refractivity contribution in [3.05, 3.63) is 23.8 Å². The van der Waals surface area contributed by atoms with Crippen LogP contribution in [0.25, 0.3) is 0 Å². The van der Waals surface area contributed by atoms with Crippen molar-refractivity contribution in [3.8, 4) is 5.75 Å². The maximum atomic E-state index is 9.98. The number of likely N-dealkylation sites (tertiary alicyclic amines) is 1. The molecule has 1 N–H and O–H groups in total. The Labute approximate surface area is 113 Å². The first-order chi connectivity index (χ1) is 8.81. The van der Waals surface area contributed by atoms with Gasteiger partial charge in [0.25, 0.3) is 0 Å². The predicted octanol–water partition coefficient (Wildman–Crippen LogP) is 3.46. The topological polar surface area (TPSA) is 23.5 Å². The van der Waals surface area contributed by atoms with Gasteiger partial charge in [0.15, 0.2) is 0 Å². The van der Waals surface area contributed by atoms with Crippen LogP contribution in [-0.2, 0) is 0 Å². The third-order valence-electron chi connectivity index (χ3n) is 4.23. The summed E-state index contributed by atoms with van der Waals surface area (Å²) in [5, 5.41) is 9.98. The van der Waals surface area contributed by atoms with Gasteiger partial charge in [-0.25, -0.2) is 0 Å². The number of hydrogen-bond donors (Lipinski definition) is 1. The summed E-state index contributed by atoms with van der Waals surface area (Å²) in [5.41, 5.74) is 1.39. The molecule has 1 aromatic rings. The Morgan fingerprint density at radius 2 is 2.33 bits per heavy atom. The van der Waals surface area contributed by atoms with E-state index in [1.807, 2.05) is 23.9 Å². The Bertz CT molecular complexity index is 433. The van der Waals surface area contributed by atoms with E-state index in [0.29, 0.717) is 17.7 Å². The van der Waals surface area contributed by atoms with Crippen LogP contribution in [0, 0.1) is 0 Å². The van der Waals surface area contributed by atoms with Crippen LogP contribution in [0.2, 0.25) is 0 Å². The number of piperidine rings is 1. The molecule has 2 nitrogen and oxygen atoms in total. The second kappa shape index (κ2) is 5.14. The number of fused-ring (bicyclic) bond motifs is 3. The lowest BCUT2D eigenvalue weighted by molar-refractivity contribution is 0.139. The van der Waals surface area contributed by atoms with Crippen molar-refractivity contribution < 1.29 is 5.11 Å². The maximum absolute atomic E-state index is 9.98. The summed E-state index contributed by atoms with van der Waals surface area (Å²) in [6.07, 6.45) is 3.81. The molecule has 3 heteroatoms. The number of phenolic OH excluding ortho intramolecular Hbond substituents is 1. The minimum atomic E-state index is 0.476. The Balaban J connectivity index is 1.92. The second-order valence-electron chi connectivity index (χ2n) is 5.36. The fourth-order valence-corrected chi connectivity index (χ4v) is 4.82. The highest BCUT2D eigenvalue weighted by Crippen LogP contribution is 2.47. The molecular weight excluding hydrogens is 242 g/mol. The first kappa shape index (κ1) is 12.4. The Kier molecular flexibility index (Phi) is 3.53. The monoisotopic (exact) mass is 263 g/mol. The molecule has 2 aliphatic heterocycles. The summed E-state index contributed by atoms with van der Waals surface area (Å²) in [4.78, 5) is 3.80. The van der Waals surface area contributed by atoms with Gasteiger partial charge >= 0.3 is 0 Å². The van der Waals surface area contributed by atoms with Crippen molar-refractivity contribution in [1.29, 1.82) is 0 Å². The van der Waals surface area contributed by atoms with Crippen LogP contribution < -0.4 is 0 Å². The predicted molar refractivity (Wildman–Crippen MR) is 76.5 cm³/mol. The van der Waals surface area contributed by atoms with Crippen LogP contribution in [0.1, 0.15) is 37.7 Å². The highest BCUT2D eigenvalue weighted by Gasteiger charge is 2.36. The minimum Gasteiger partial charge on any atom is -0.507 e. The largest absolute Gasteiger partial charge is 0.507 e. The number of aromatic hydroxyl groups is 1. The van der Waals surface area contributed by atoms with E-state index < -0.39 is 0 Å². The first-order valence-electron chi connectivity index (χ1n) is 7.00. The molecule has 2 atom stereocenters. The molecule has 18 heavy (non-hydrogen) atoms. The Morgan fingerprint density at radius 1 is 1.44 bits per heavy atom. The number of benzene rings is 1. The van der Waals surface area contributed by atoms with Crippen molar-refractivity contribution in [3.63, 3.8) is 0 Å². The molecular formula is C15H21NOS. The van der Waals surface area contributed by atoms with Gasteiger partial charge in [0.1, 0.15) is 5.75 Å². The fourth-order valence-electron chi connectivity index (χ4n) is 3.44. The summed E-state index contributed by atoms with van der Waals surface area (Å²) >= 11 is 1.84. The molecule has 0 bridgehead atoms. The van der Waals surface area contributed by atoms with Crippen LogP contribution in [0.15, 0.2) is 23.1 Å². The minimum absolute atomic E-state index is 0.476. The lowest BCUT2D eigenvalue weighted by atomic mass is 9.83. The van der Waals surface area contributed by atoms with Crippen LogP contribution in [-0.4, -0.2) is 34.9 Å². The zero-order valence-electron chi connectivity index (χ0n) is 10.9. The second-order valence-corrected chi connectivity index (χ2v) is 6.39. The molecule has 3 rings (SSSR count). The van der Waals surface area contributed by atoms with Gasteiger partial charge in [0, 0.05) is 17.7 Å². The molecule has 1 saturated heterocycles. The van der Waals surface area contributed by atoms with Crippen molar-refractivity contribution in [2.24, 2.45) is 0 Å². The molecule has 2 heterocycles. The lowest BCUT2D eigenvalue weighted by Gasteiger charge is -2.44. The third-order valence-corrected chi connectivity index (χ3v) is 5.47. The summed E-state index contributed by atoms with van der Waals surface area (Å²) in [6, 6.07) is 6.71. The first-order valence-corrected chi connectivity index (χ1v) is 7.98. The van der Waals surface area contributed by atoms with Gasteiger partial charge in [-0.05, 0) is 44.0 Å². The van der Waals surface area contributed by atoms with Crippen LogP contribution in [0.5, 0.6) is 5.75 Å². The quantitative estimate of drug-likeness (QED) is 0.884. The molecule has 0 spiro atoms. The molecule has 2 aliphatic rings. The van der Waals surface area contributed by atoms with Gasteiger partial charge in [-0.3, -0.25) is 4.90 Å². The van der Waals surface area contributed by atoms with Gasteiger partial charge < -0.3 is 5.11 Å². The molecule has 0 radical (unpaired) electrons.